The number of pyridine rings is 1. The quantitative estimate of drug-likeness (QED) is 0.786. The average molecular weight is 208 g/mol. The lowest BCUT2D eigenvalue weighted by Crippen LogP contribution is -2.36. The molecule has 0 spiro atoms. The number of ether oxygens (including phenoxy) is 1. The number of aliphatic hydroxyl groups is 1. The zero-order valence-corrected chi connectivity index (χ0v) is 8.89. The second-order valence-corrected chi connectivity index (χ2v) is 3.72. The van der Waals surface area contributed by atoms with Crippen LogP contribution >= 0.6 is 0 Å². The van der Waals surface area contributed by atoms with Gasteiger partial charge in [-0.3, -0.25) is 4.98 Å². The highest BCUT2D eigenvalue weighted by molar-refractivity contribution is 5.44. The predicted octanol–water partition coefficient (Wildman–Crippen LogP) is 0.972. The average Bonchev–Trinajstić information content (AvgIpc) is 2.30. The summed E-state index contributed by atoms with van der Waals surface area (Å²) in [6.45, 7) is 5.10. The molecule has 4 nitrogen and oxygen atoms in total. The van der Waals surface area contributed by atoms with Gasteiger partial charge in [-0.15, -0.1) is 0 Å². The fourth-order valence-corrected chi connectivity index (χ4v) is 1.65. The zero-order chi connectivity index (χ0) is 10.7. The first-order chi connectivity index (χ1) is 7.27. The lowest BCUT2D eigenvalue weighted by molar-refractivity contribution is 0.122. The lowest BCUT2D eigenvalue weighted by Gasteiger charge is -2.28. The second-order valence-electron chi connectivity index (χ2n) is 3.72. The topological polar surface area (TPSA) is 45.6 Å². The fraction of sp³-hybridized carbons (Fsp3) is 0.545. The van der Waals surface area contributed by atoms with E-state index in [1.165, 1.54) is 0 Å². The Hall–Kier alpha value is -1.13. The van der Waals surface area contributed by atoms with Gasteiger partial charge in [-0.05, 0) is 19.1 Å². The minimum atomic E-state index is -0.497. The predicted molar refractivity (Wildman–Crippen MR) is 57.9 cm³/mol. The molecule has 1 N–H and O–H groups in total. The maximum Gasteiger partial charge on any atom is 0.0931 e. The Labute approximate surface area is 89.5 Å². The molecular weight excluding hydrogens is 192 g/mol. The number of aliphatic hydroxyl groups excluding tert-OH is 1. The number of aromatic nitrogens is 1. The molecule has 1 aromatic rings. The lowest BCUT2D eigenvalue weighted by atomic mass is 10.2. The number of morpholine rings is 1. The van der Waals surface area contributed by atoms with Crippen molar-refractivity contribution in [2.45, 2.75) is 13.0 Å². The molecule has 1 atom stereocenters. The zero-order valence-electron chi connectivity index (χ0n) is 8.89. The first-order valence-electron chi connectivity index (χ1n) is 5.24. The molecule has 15 heavy (non-hydrogen) atoms. The summed E-state index contributed by atoms with van der Waals surface area (Å²) in [5.41, 5.74) is 1.81. The molecule has 0 bridgehead atoms. The molecule has 0 aromatic carbocycles. The van der Waals surface area contributed by atoms with Gasteiger partial charge in [-0.25, -0.2) is 0 Å². The second kappa shape index (κ2) is 4.59. The minimum absolute atomic E-state index is 0.497. The third-order valence-electron chi connectivity index (χ3n) is 2.58. The van der Waals surface area contributed by atoms with E-state index in [1.54, 1.807) is 6.92 Å². The Morgan fingerprint density at radius 3 is 2.67 bits per heavy atom. The number of hydrogen-bond donors (Lipinski definition) is 1. The van der Waals surface area contributed by atoms with Gasteiger partial charge >= 0.3 is 0 Å². The standard InChI is InChI=1S/C11H16N2O2/c1-9(14)11-3-2-10(8-12-11)13-4-6-15-7-5-13/h2-3,8-9,14H,4-7H2,1H3/t9-/m0/s1. The molecular formula is C11H16N2O2. The van der Waals surface area contributed by atoms with Crippen LogP contribution in [0.5, 0.6) is 0 Å². The molecule has 1 aromatic heterocycles. The first-order valence-corrected chi connectivity index (χ1v) is 5.24. The van der Waals surface area contributed by atoms with Crippen molar-refractivity contribution in [3.05, 3.63) is 24.0 Å². The van der Waals surface area contributed by atoms with E-state index in [4.69, 9.17) is 4.74 Å². The SMILES string of the molecule is C[C@H](O)c1ccc(N2CCOCC2)cn1. The van der Waals surface area contributed by atoms with Gasteiger partial charge in [0.15, 0.2) is 0 Å². The van der Waals surface area contributed by atoms with Crippen molar-refractivity contribution in [1.29, 1.82) is 0 Å². The summed E-state index contributed by atoms with van der Waals surface area (Å²) < 4.78 is 5.28. The summed E-state index contributed by atoms with van der Waals surface area (Å²) in [7, 11) is 0. The molecule has 1 fully saturated rings. The van der Waals surface area contributed by atoms with Crippen LogP contribution in [0.3, 0.4) is 0 Å². The molecule has 0 radical (unpaired) electrons. The summed E-state index contributed by atoms with van der Waals surface area (Å²) in [5, 5.41) is 9.33. The number of anilines is 1. The Bertz CT molecular complexity index is 305. The van der Waals surface area contributed by atoms with Crippen LogP contribution in [0, 0.1) is 0 Å². The van der Waals surface area contributed by atoms with Gasteiger partial charge < -0.3 is 14.7 Å². The normalized spacial score (nSPS) is 18.9. The van der Waals surface area contributed by atoms with E-state index in [-0.39, 0.29) is 0 Å². The number of nitrogens with zero attached hydrogens (tertiary/aromatic N) is 2. The maximum absolute atomic E-state index is 9.33. The summed E-state index contributed by atoms with van der Waals surface area (Å²) in [5.74, 6) is 0. The molecule has 82 valence electrons. The summed E-state index contributed by atoms with van der Waals surface area (Å²) in [6, 6.07) is 3.87. The summed E-state index contributed by atoms with van der Waals surface area (Å²) in [4.78, 5) is 6.46. The van der Waals surface area contributed by atoms with E-state index in [2.05, 4.69) is 9.88 Å². The van der Waals surface area contributed by atoms with Gasteiger partial charge in [0, 0.05) is 13.1 Å². The van der Waals surface area contributed by atoms with Crippen molar-refractivity contribution in [1.82, 2.24) is 4.98 Å². The Kier molecular flexibility index (Phi) is 3.18. The summed E-state index contributed by atoms with van der Waals surface area (Å²) >= 11 is 0. The molecule has 1 aliphatic heterocycles. The molecule has 1 saturated heterocycles. The van der Waals surface area contributed by atoms with Gasteiger partial charge in [0.1, 0.15) is 0 Å². The van der Waals surface area contributed by atoms with Crippen molar-refractivity contribution in [3.8, 4) is 0 Å². The van der Waals surface area contributed by atoms with Gasteiger partial charge in [0.2, 0.25) is 0 Å². The van der Waals surface area contributed by atoms with E-state index in [0.717, 1.165) is 32.0 Å². The van der Waals surface area contributed by atoms with Crippen LogP contribution in [0.4, 0.5) is 5.69 Å². The van der Waals surface area contributed by atoms with E-state index in [1.807, 2.05) is 18.3 Å². The van der Waals surface area contributed by atoms with E-state index in [0.29, 0.717) is 5.69 Å². The van der Waals surface area contributed by atoms with Crippen molar-refractivity contribution >= 4 is 5.69 Å². The van der Waals surface area contributed by atoms with Crippen molar-refractivity contribution < 1.29 is 9.84 Å². The number of rotatable bonds is 2. The van der Waals surface area contributed by atoms with Gasteiger partial charge in [0.25, 0.3) is 0 Å². The molecule has 2 heterocycles. The highest BCUT2D eigenvalue weighted by Crippen LogP contribution is 2.17. The third-order valence-corrected chi connectivity index (χ3v) is 2.58. The number of hydrogen-bond acceptors (Lipinski definition) is 4. The smallest absolute Gasteiger partial charge is 0.0931 e. The molecule has 4 heteroatoms. The highest BCUT2D eigenvalue weighted by atomic mass is 16.5. The molecule has 1 aliphatic rings. The van der Waals surface area contributed by atoms with Gasteiger partial charge in [-0.1, -0.05) is 0 Å². The van der Waals surface area contributed by atoms with Crippen molar-refractivity contribution in [2.24, 2.45) is 0 Å². The van der Waals surface area contributed by atoms with Crippen LogP contribution in [0.25, 0.3) is 0 Å². The Morgan fingerprint density at radius 1 is 1.40 bits per heavy atom. The molecule has 0 unspecified atom stereocenters. The maximum atomic E-state index is 9.33. The Balaban J connectivity index is 2.08. The van der Waals surface area contributed by atoms with E-state index in [9.17, 15) is 5.11 Å². The molecule has 0 amide bonds. The first kappa shape index (κ1) is 10.4. The molecule has 0 aliphatic carbocycles. The van der Waals surface area contributed by atoms with Gasteiger partial charge in [0.05, 0.1) is 36.9 Å². The van der Waals surface area contributed by atoms with Crippen LogP contribution in [-0.2, 0) is 4.74 Å². The van der Waals surface area contributed by atoms with Crippen molar-refractivity contribution in [2.75, 3.05) is 31.2 Å². The molecule has 2 rings (SSSR count). The fourth-order valence-electron chi connectivity index (χ4n) is 1.65. The summed E-state index contributed by atoms with van der Waals surface area (Å²) in [6.07, 6.45) is 1.32. The van der Waals surface area contributed by atoms with Crippen LogP contribution in [0.1, 0.15) is 18.7 Å². The highest BCUT2D eigenvalue weighted by Gasteiger charge is 2.11. The van der Waals surface area contributed by atoms with E-state index < -0.39 is 6.10 Å². The van der Waals surface area contributed by atoms with Crippen LogP contribution in [0.15, 0.2) is 18.3 Å². The van der Waals surface area contributed by atoms with E-state index >= 15 is 0 Å². The monoisotopic (exact) mass is 208 g/mol. The van der Waals surface area contributed by atoms with Crippen LogP contribution in [0.2, 0.25) is 0 Å². The van der Waals surface area contributed by atoms with Crippen LogP contribution < -0.4 is 4.90 Å². The van der Waals surface area contributed by atoms with Gasteiger partial charge in [-0.2, -0.15) is 0 Å². The minimum Gasteiger partial charge on any atom is -0.387 e. The molecule has 0 saturated carbocycles. The van der Waals surface area contributed by atoms with Crippen molar-refractivity contribution in [3.63, 3.8) is 0 Å². The third kappa shape index (κ3) is 2.46. The largest absolute Gasteiger partial charge is 0.387 e. The Morgan fingerprint density at radius 2 is 2.13 bits per heavy atom. The van der Waals surface area contributed by atoms with Crippen LogP contribution in [-0.4, -0.2) is 36.4 Å².